The van der Waals surface area contributed by atoms with Gasteiger partial charge in [0.1, 0.15) is 11.4 Å². The molecule has 3 rings (SSSR count). The number of hydrogen-bond acceptors (Lipinski definition) is 6. The third-order valence-corrected chi connectivity index (χ3v) is 4.64. The van der Waals surface area contributed by atoms with E-state index in [9.17, 15) is 29.6 Å². The van der Waals surface area contributed by atoms with Crippen LogP contribution in [0, 0.1) is 10.1 Å². The number of nitro benzene ring substituents is 1. The molecule has 34 heavy (non-hydrogen) atoms. The number of ether oxygens (including phenoxy) is 1. The van der Waals surface area contributed by atoms with Gasteiger partial charge in [0.15, 0.2) is 0 Å². The molecular formula is C24H19N3O7. The van der Waals surface area contributed by atoms with Gasteiger partial charge in [0.2, 0.25) is 0 Å². The summed E-state index contributed by atoms with van der Waals surface area (Å²) in [5, 5.41) is 25.2. The Morgan fingerprint density at radius 3 is 2.24 bits per heavy atom. The van der Waals surface area contributed by atoms with Crippen molar-refractivity contribution in [3.05, 3.63) is 105 Å². The van der Waals surface area contributed by atoms with E-state index in [1.165, 1.54) is 55.7 Å². The molecule has 0 heterocycles. The maximum Gasteiger partial charge on any atom is 0.335 e. The standard InChI is InChI=1S/C24H19N3O7/c1-34-21-12-9-17(24(30)31)14-19(21)25-23(29)20(26-22(28)16-5-3-2-4-6-16)13-15-7-10-18(11-8-15)27(32)33/h2-14H,1H3,(H,25,29)(H,26,28)(H,30,31)/b20-13-. The van der Waals surface area contributed by atoms with Crippen molar-refractivity contribution in [1.29, 1.82) is 0 Å². The van der Waals surface area contributed by atoms with E-state index in [-0.39, 0.29) is 28.4 Å². The third kappa shape index (κ3) is 5.82. The number of amides is 2. The number of nitrogens with zero attached hydrogens (tertiary/aromatic N) is 1. The third-order valence-electron chi connectivity index (χ3n) is 4.64. The van der Waals surface area contributed by atoms with E-state index in [0.717, 1.165) is 0 Å². The molecule has 0 saturated carbocycles. The lowest BCUT2D eigenvalue weighted by Crippen LogP contribution is -2.30. The minimum absolute atomic E-state index is 0.0784. The van der Waals surface area contributed by atoms with Gasteiger partial charge < -0.3 is 20.5 Å². The van der Waals surface area contributed by atoms with Crippen LogP contribution >= 0.6 is 0 Å². The molecule has 10 heteroatoms. The summed E-state index contributed by atoms with van der Waals surface area (Å²) >= 11 is 0. The van der Waals surface area contributed by atoms with Crippen LogP contribution in [0.15, 0.2) is 78.5 Å². The fraction of sp³-hybridized carbons (Fsp3) is 0.0417. The van der Waals surface area contributed by atoms with E-state index in [4.69, 9.17) is 4.74 Å². The van der Waals surface area contributed by atoms with Crippen molar-refractivity contribution in [1.82, 2.24) is 5.32 Å². The minimum atomic E-state index is -1.20. The minimum Gasteiger partial charge on any atom is -0.495 e. The molecule has 0 atom stereocenters. The molecule has 0 aliphatic carbocycles. The maximum absolute atomic E-state index is 13.1. The van der Waals surface area contributed by atoms with Gasteiger partial charge in [-0.2, -0.15) is 0 Å². The molecule has 3 aromatic carbocycles. The van der Waals surface area contributed by atoms with Crippen LogP contribution in [-0.4, -0.2) is 34.9 Å². The zero-order valence-electron chi connectivity index (χ0n) is 17.8. The Bertz CT molecular complexity index is 1270. The van der Waals surface area contributed by atoms with Crippen LogP contribution in [-0.2, 0) is 4.79 Å². The van der Waals surface area contributed by atoms with Gasteiger partial charge in [0.05, 0.1) is 23.3 Å². The van der Waals surface area contributed by atoms with E-state index in [1.807, 2.05) is 0 Å². The first kappa shape index (κ1) is 23.7. The number of non-ortho nitro benzene ring substituents is 1. The number of methoxy groups -OCH3 is 1. The molecule has 0 fully saturated rings. The zero-order chi connectivity index (χ0) is 24.7. The van der Waals surface area contributed by atoms with Gasteiger partial charge in [-0.05, 0) is 54.1 Å². The van der Waals surface area contributed by atoms with Gasteiger partial charge >= 0.3 is 5.97 Å². The second-order valence-electron chi connectivity index (χ2n) is 6.90. The Labute approximate surface area is 193 Å². The second-order valence-corrected chi connectivity index (χ2v) is 6.90. The van der Waals surface area contributed by atoms with E-state index in [2.05, 4.69) is 10.6 Å². The number of nitro groups is 1. The summed E-state index contributed by atoms with van der Waals surface area (Å²) in [7, 11) is 1.36. The SMILES string of the molecule is COc1ccc(C(=O)O)cc1NC(=O)/C(=C/c1ccc([N+](=O)[O-])cc1)NC(=O)c1ccccc1. The number of hydrogen-bond donors (Lipinski definition) is 3. The summed E-state index contributed by atoms with van der Waals surface area (Å²) in [5.74, 6) is -2.31. The first-order chi connectivity index (χ1) is 16.3. The first-order valence-corrected chi connectivity index (χ1v) is 9.83. The van der Waals surface area contributed by atoms with Crippen molar-refractivity contribution >= 4 is 35.2 Å². The average Bonchev–Trinajstić information content (AvgIpc) is 2.84. The van der Waals surface area contributed by atoms with E-state index in [0.29, 0.717) is 11.1 Å². The zero-order valence-corrected chi connectivity index (χ0v) is 17.8. The van der Waals surface area contributed by atoms with E-state index >= 15 is 0 Å². The van der Waals surface area contributed by atoms with Crippen molar-refractivity contribution in [3.63, 3.8) is 0 Å². The highest BCUT2D eigenvalue weighted by Gasteiger charge is 2.18. The normalized spacial score (nSPS) is 10.8. The summed E-state index contributed by atoms with van der Waals surface area (Å²) < 4.78 is 5.19. The molecule has 0 aliphatic heterocycles. The lowest BCUT2D eigenvalue weighted by atomic mass is 10.1. The van der Waals surface area contributed by atoms with Gasteiger partial charge in [-0.15, -0.1) is 0 Å². The number of anilines is 1. The number of carboxylic acids is 1. The molecule has 0 saturated heterocycles. The van der Waals surface area contributed by atoms with Crippen LogP contribution in [0.3, 0.4) is 0 Å². The Morgan fingerprint density at radius 2 is 1.65 bits per heavy atom. The van der Waals surface area contributed by atoms with Gasteiger partial charge in [-0.3, -0.25) is 19.7 Å². The van der Waals surface area contributed by atoms with Crippen LogP contribution in [0.2, 0.25) is 0 Å². The summed E-state index contributed by atoms with van der Waals surface area (Å²) in [6.07, 6.45) is 1.34. The molecule has 172 valence electrons. The monoisotopic (exact) mass is 461 g/mol. The summed E-state index contributed by atoms with van der Waals surface area (Å²) in [6.45, 7) is 0. The van der Waals surface area contributed by atoms with Crippen molar-refractivity contribution in [3.8, 4) is 5.75 Å². The summed E-state index contributed by atoms with van der Waals surface area (Å²) in [5.41, 5.74) is 0.407. The molecule has 0 bridgehead atoms. The Hall–Kier alpha value is -4.99. The molecule has 10 nitrogen and oxygen atoms in total. The van der Waals surface area contributed by atoms with Gasteiger partial charge in [-0.1, -0.05) is 18.2 Å². The number of nitrogens with one attached hydrogen (secondary N) is 2. The summed E-state index contributed by atoms with van der Waals surface area (Å²) in [4.78, 5) is 47.5. The van der Waals surface area contributed by atoms with Gasteiger partial charge in [0, 0.05) is 17.7 Å². The quantitative estimate of drug-likeness (QED) is 0.263. The Balaban J connectivity index is 1.96. The number of carbonyl (C=O) groups excluding carboxylic acids is 2. The van der Waals surface area contributed by atoms with Crippen molar-refractivity contribution in [2.75, 3.05) is 12.4 Å². The number of benzene rings is 3. The largest absolute Gasteiger partial charge is 0.495 e. The molecule has 0 aliphatic rings. The van der Waals surface area contributed by atoms with Crippen LogP contribution < -0.4 is 15.4 Å². The molecular weight excluding hydrogens is 442 g/mol. The Kier molecular flexibility index (Phi) is 7.34. The van der Waals surface area contributed by atoms with Crippen LogP contribution in [0.4, 0.5) is 11.4 Å². The van der Waals surface area contributed by atoms with Gasteiger partial charge in [-0.25, -0.2) is 4.79 Å². The van der Waals surface area contributed by atoms with Gasteiger partial charge in [0.25, 0.3) is 17.5 Å². The fourth-order valence-corrected chi connectivity index (χ4v) is 2.93. The van der Waals surface area contributed by atoms with Crippen LogP contribution in [0.25, 0.3) is 6.08 Å². The highest BCUT2D eigenvalue weighted by Crippen LogP contribution is 2.26. The van der Waals surface area contributed by atoms with Crippen molar-refractivity contribution < 1.29 is 29.2 Å². The number of aromatic carboxylic acids is 1. The van der Waals surface area contributed by atoms with E-state index in [1.54, 1.807) is 30.3 Å². The lowest BCUT2D eigenvalue weighted by molar-refractivity contribution is -0.384. The lowest BCUT2D eigenvalue weighted by Gasteiger charge is -2.14. The van der Waals surface area contributed by atoms with Crippen LogP contribution in [0.5, 0.6) is 5.75 Å². The molecule has 0 aromatic heterocycles. The molecule has 2 amide bonds. The summed E-state index contributed by atoms with van der Waals surface area (Å²) in [6, 6.07) is 17.5. The first-order valence-electron chi connectivity index (χ1n) is 9.83. The predicted molar refractivity (Wildman–Crippen MR) is 124 cm³/mol. The smallest absolute Gasteiger partial charge is 0.335 e. The average molecular weight is 461 g/mol. The Morgan fingerprint density at radius 1 is 0.971 bits per heavy atom. The number of carboxylic acid groups (broad SMARTS) is 1. The van der Waals surface area contributed by atoms with Crippen LogP contribution in [0.1, 0.15) is 26.3 Å². The highest BCUT2D eigenvalue weighted by molar-refractivity contribution is 6.11. The maximum atomic E-state index is 13.1. The highest BCUT2D eigenvalue weighted by atomic mass is 16.6. The topological polar surface area (TPSA) is 148 Å². The fourth-order valence-electron chi connectivity index (χ4n) is 2.93. The molecule has 0 unspecified atom stereocenters. The van der Waals surface area contributed by atoms with Crippen molar-refractivity contribution in [2.24, 2.45) is 0 Å². The number of carbonyl (C=O) groups is 3. The molecule has 0 spiro atoms. The second kappa shape index (κ2) is 10.6. The molecule has 3 N–H and O–H groups in total. The van der Waals surface area contributed by atoms with Crippen molar-refractivity contribution in [2.45, 2.75) is 0 Å². The molecule has 3 aromatic rings. The van der Waals surface area contributed by atoms with E-state index < -0.39 is 22.7 Å². The predicted octanol–water partition coefficient (Wildman–Crippen LogP) is 3.71. The number of rotatable bonds is 8. The molecule has 0 radical (unpaired) electrons.